The van der Waals surface area contributed by atoms with Crippen molar-refractivity contribution in [2.24, 2.45) is 4.99 Å². The monoisotopic (exact) mass is 468 g/mol. The van der Waals surface area contributed by atoms with Crippen LogP contribution in [-0.2, 0) is 12.1 Å². The first-order valence-electron chi connectivity index (χ1n) is 9.05. The van der Waals surface area contributed by atoms with E-state index in [0.29, 0.717) is 6.54 Å². The summed E-state index contributed by atoms with van der Waals surface area (Å²) < 4.78 is 1.95. The molecule has 0 aliphatic carbocycles. The molecule has 0 spiro atoms. The van der Waals surface area contributed by atoms with Crippen LogP contribution in [0.1, 0.15) is 45.9 Å². The highest BCUT2D eigenvalue weighted by Gasteiger charge is 2.19. The number of piperidine rings is 1. The number of para-hydroxylation sites is 1. The third kappa shape index (κ3) is 5.43. The average molecular weight is 468 g/mol. The molecule has 142 valence electrons. The summed E-state index contributed by atoms with van der Waals surface area (Å²) in [4.78, 5) is 11.6. The number of aromatic nitrogens is 3. The lowest BCUT2D eigenvalue weighted by Gasteiger charge is -2.30. The number of halogens is 1. The largest absolute Gasteiger partial charge is 0.343 e. The van der Waals surface area contributed by atoms with Crippen molar-refractivity contribution < 1.29 is 0 Å². The molecule has 0 atom stereocenters. The molecule has 1 N–H and O–H groups in total. The van der Waals surface area contributed by atoms with Crippen molar-refractivity contribution in [2.75, 3.05) is 18.4 Å². The molecule has 1 aromatic heterocycles. The molecule has 0 unspecified atom stereocenters. The Kier molecular flexibility index (Phi) is 7.43. The van der Waals surface area contributed by atoms with Crippen LogP contribution in [0.5, 0.6) is 0 Å². The van der Waals surface area contributed by atoms with Gasteiger partial charge in [0.25, 0.3) is 0 Å². The molecule has 3 rings (SSSR count). The average Bonchev–Trinajstić information content (AvgIpc) is 3.09. The summed E-state index contributed by atoms with van der Waals surface area (Å²) >= 11 is 0. The number of guanidine groups is 1. The Morgan fingerprint density at radius 2 is 1.81 bits per heavy atom. The van der Waals surface area contributed by atoms with E-state index in [1.54, 1.807) is 6.33 Å². The molecule has 0 amide bonds. The number of aliphatic imine (C=N–C) groups is 1. The van der Waals surface area contributed by atoms with Gasteiger partial charge >= 0.3 is 0 Å². The molecule has 0 radical (unpaired) electrons. The quantitative estimate of drug-likeness (QED) is 0.419. The van der Waals surface area contributed by atoms with E-state index in [9.17, 15) is 0 Å². The van der Waals surface area contributed by atoms with Gasteiger partial charge in [0.15, 0.2) is 5.96 Å². The van der Waals surface area contributed by atoms with Gasteiger partial charge in [-0.25, -0.2) is 14.7 Å². The number of hydrogen-bond acceptors (Lipinski definition) is 3. The second-order valence-corrected chi connectivity index (χ2v) is 7.44. The van der Waals surface area contributed by atoms with Gasteiger partial charge in [-0.2, -0.15) is 5.10 Å². The molecule has 2 aromatic rings. The highest BCUT2D eigenvalue weighted by Crippen LogP contribution is 2.16. The molecule has 1 aliphatic heterocycles. The van der Waals surface area contributed by atoms with Crippen molar-refractivity contribution in [3.63, 3.8) is 0 Å². The van der Waals surface area contributed by atoms with Crippen molar-refractivity contribution >= 4 is 35.6 Å². The van der Waals surface area contributed by atoms with Crippen LogP contribution in [0.15, 0.2) is 41.7 Å². The van der Waals surface area contributed by atoms with Gasteiger partial charge in [-0.15, -0.1) is 24.0 Å². The standard InChI is InChI=1S/C19H28N6.HI/c1-19(2,3)25-17(21-15-22-25)14-20-18(24-12-8-5-9-13-24)23-16-10-6-4-7-11-16;/h4,6-7,10-11,15H,5,8-9,12-14H2,1-3H3,(H,20,23);1H. The molecular formula is C19H29IN6. The first kappa shape index (κ1) is 20.7. The van der Waals surface area contributed by atoms with Crippen LogP contribution in [0.4, 0.5) is 5.69 Å². The second-order valence-electron chi connectivity index (χ2n) is 7.44. The number of hydrogen-bond donors (Lipinski definition) is 1. The van der Waals surface area contributed by atoms with Gasteiger partial charge in [-0.3, -0.25) is 0 Å². The number of nitrogens with one attached hydrogen (secondary N) is 1. The van der Waals surface area contributed by atoms with E-state index < -0.39 is 0 Å². The highest BCUT2D eigenvalue weighted by atomic mass is 127. The number of nitrogens with zero attached hydrogens (tertiary/aromatic N) is 5. The lowest BCUT2D eigenvalue weighted by atomic mass is 10.1. The van der Waals surface area contributed by atoms with Crippen LogP contribution in [0.2, 0.25) is 0 Å². The van der Waals surface area contributed by atoms with E-state index in [1.807, 2.05) is 22.9 Å². The Morgan fingerprint density at radius 1 is 1.12 bits per heavy atom. The lowest BCUT2D eigenvalue weighted by molar-refractivity contribution is 0.335. The number of likely N-dealkylation sites (tertiary alicyclic amines) is 1. The summed E-state index contributed by atoms with van der Waals surface area (Å²) in [7, 11) is 0. The van der Waals surface area contributed by atoms with Crippen molar-refractivity contribution in [1.29, 1.82) is 0 Å². The number of benzene rings is 1. The van der Waals surface area contributed by atoms with Gasteiger partial charge in [0.2, 0.25) is 0 Å². The zero-order valence-electron chi connectivity index (χ0n) is 15.9. The molecule has 1 fully saturated rings. The smallest absolute Gasteiger partial charge is 0.198 e. The van der Waals surface area contributed by atoms with Gasteiger partial charge in [0.1, 0.15) is 18.7 Å². The maximum absolute atomic E-state index is 4.87. The van der Waals surface area contributed by atoms with Crippen LogP contribution in [0, 0.1) is 0 Å². The zero-order valence-corrected chi connectivity index (χ0v) is 18.2. The molecule has 2 heterocycles. The Hall–Kier alpha value is -1.64. The minimum Gasteiger partial charge on any atom is -0.343 e. The minimum absolute atomic E-state index is 0. The normalized spacial score (nSPS) is 15.5. The fourth-order valence-electron chi connectivity index (χ4n) is 3.05. The summed E-state index contributed by atoms with van der Waals surface area (Å²) in [5.74, 6) is 1.81. The van der Waals surface area contributed by atoms with Crippen molar-refractivity contribution in [2.45, 2.75) is 52.1 Å². The van der Waals surface area contributed by atoms with Crippen LogP contribution in [-0.4, -0.2) is 38.7 Å². The van der Waals surface area contributed by atoms with Crippen LogP contribution >= 0.6 is 24.0 Å². The molecule has 6 nitrogen and oxygen atoms in total. The molecule has 0 bridgehead atoms. The van der Waals surface area contributed by atoms with E-state index in [0.717, 1.165) is 30.6 Å². The highest BCUT2D eigenvalue weighted by molar-refractivity contribution is 14.0. The summed E-state index contributed by atoms with van der Waals surface area (Å²) in [5, 5.41) is 7.85. The Morgan fingerprint density at radius 3 is 2.46 bits per heavy atom. The topological polar surface area (TPSA) is 58.3 Å². The van der Waals surface area contributed by atoms with E-state index in [1.165, 1.54) is 19.3 Å². The molecule has 1 saturated heterocycles. The molecule has 1 aromatic carbocycles. The molecule has 7 heteroatoms. The molecule has 26 heavy (non-hydrogen) atoms. The summed E-state index contributed by atoms with van der Waals surface area (Å²) in [5.41, 5.74) is 0.962. The van der Waals surface area contributed by atoms with Gasteiger partial charge < -0.3 is 10.2 Å². The Bertz CT molecular complexity index is 698. The zero-order chi connectivity index (χ0) is 17.7. The van der Waals surface area contributed by atoms with E-state index >= 15 is 0 Å². The van der Waals surface area contributed by atoms with Gasteiger partial charge in [-0.05, 0) is 52.2 Å². The van der Waals surface area contributed by atoms with Crippen molar-refractivity contribution in [1.82, 2.24) is 19.7 Å². The third-order valence-electron chi connectivity index (χ3n) is 4.31. The summed E-state index contributed by atoms with van der Waals surface area (Å²) in [6.07, 6.45) is 5.34. The van der Waals surface area contributed by atoms with Crippen LogP contribution in [0.25, 0.3) is 0 Å². The maximum atomic E-state index is 4.87. The maximum Gasteiger partial charge on any atom is 0.198 e. The SMILES string of the molecule is CC(C)(C)n1ncnc1CN=C(Nc1ccccc1)N1CCCCC1.I. The lowest BCUT2D eigenvalue weighted by Crippen LogP contribution is -2.40. The Balaban J connectivity index is 0.00000243. The molecule has 1 aliphatic rings. The molecular weight excluding hydrogens is 439 g/mol. The molecule has 0 saturated carbocycles. The van der Waals surface area contributed by atoms with E-state index in [4.69, 9.17) is 4.99 Å². The van der Waals surface area contributed by atoms with Crippen LogP contribution < -0.4 is 5.32 Å². The first-order chi connectivity index (χ1) is 12.0. The predicted octanol–water partition coefficient (Wildman–Crippen LogP) is 4.11. The van der Waals surface area contributed by atoms with Gasteiger partial charge in [-0.1, -0.05) is 18.2 Å². The first-order valence-corrected chi connectivity index (χ1v) is 9.05. The number of rotatable bonds is 3. The van der Waals surface area contributed by atoms with Gasteiger partial charge in [0, 0.05) is 18.8 Å². The minimum atomic E-state index is -0.0977. The number of anilines is 1. The van der Waals surface area contributed by atoms with E-state index in [-0.39, 0.29) is 29.5 Å². The van der Waals surface area contributed by atoms with E-state index in [2.05, 4.69) is 53.2 Å². The third-order valence-corrected chi connectivity index (χ3v) is 4.31. The fourth-order valence-corrected chi connectivity index (χ4v) is 3.05. The fraction of sp³-hybridized carbons (Fsp3) is 0.526. The van der Waals surface area contributed by atoms with Crippen molar-refractivity contribution in [3.8, 4) is 0 Å². The van der Waals surface area contributed by atoms with Gasteiger partial charge in [0.05, 0.1) is 5.54 Å². The van der Waals surface area contributed by atoms with Crippen LogP contribution in [0.3, 0.4) is 0 Å². The summed E-state index contributed by atoms with van der Waals surface area (Å²) in [6, 6.07) is 10.2. The van der Waals surface area contributed by atoms with Crippen molar-refractivity contribution in [3.05, 3.63) is 42.5 Å². The summed E-state index contributed by atoms with van der Waals surface area (Å²) in [6.45, 7) is 8.99. The second kappa shape index (κ2) is 9.34. The Labute approximate surface area is 173 Å². The predicted molar refractivity (Wildman–Crippen MR) is 117 cm³/mol.